The van der Waals surface area contributed by atoms with Crippen molar-refractivity contribution in [2.75, 3.05) is 12.4 Å². The molecule has 0 radical (unpaired) electrons. The molecule has 0 saturated heterocycles. The average molecular weight is 365 g/mol. The number of hydrogen-bond donors (Lipinski definition) is 1. The molecule has 7 heteroatoms. The van der Waals surface area contributed by atoms with Gasteiger partial charge in [0.25, 0.3) is 5.95 Å². The summed E-state index contributed by atoms with van der Waals surface area (Å²) in [6, 6.07) is 16.3. The van der Waals surface area contributed by atoms with E-state index < -0.39 is 0 Å². The quantitative estimate of drug-likeness (QED) is 0.600. The van der Waals surface area contributed by atoms with Crippen LogP contribution in [0, 0.1) is 0 Å². The van der Waals surface area contributed by atoms with E-state index in [4.69, 9.17) is 16.7 Å². The number of rotatable bonds is 3. The molecule has 1 atom stereocenters. The van der Waals surface area contributed by atoms with Crippen LogP contribution in [0.1, 0.15) is 23.9 Å². The highest BCUT2D eigenvalue weighted by molar-refractivity contribution is 6.30. The van der Waals surface area contributed by atoms with Gasteiger partial charge in [-0.1, -0.05) is 35.9 Å². The second-order valence-corrected chi connectivity index (χ2v) is 6.86. The van der Waals surface area contributed by atoms with Crippen LogP contribution in [0.15, 0.2) is 48.5 Å². The van der Waals surface area contributed by atoms with E-state index in [9.17, 15) is 0 Å². The Morgan fingerprint density at radius 1 is 1.08 bits per heavy atom. The molecule has 0 spiro atoms. The number of halogens is 1. The molecule has 0 bridgehead atoms. The Labute approximate surface area is 155 Å². The van der Waals surface area contributed by atoms with Crippen molar-refractivity contribution in [3.8, 4) is 5.95 Å². The summed E-state index contributed by atoms with van der Waals surface area (Å²) in [5.41, 5.74) is 2.22. The number of fused-ring (bicyclic) bond motifs is 2. The van der Waals surface area contributed by atoms with E-state index in [1.54, 1.807) is 0 Å². The molecule has 6 nitrogen and oxygen atoms in total. The molecular formula is C19H17ClN6. The van der Waals surface area contributed by atoms with E-state index in [-0.39, 0.29) is 6.04 Å². The van der Waals surface area contributed by atoms with Crippen molar-refractivity contribution in [3.63, 3.8) is 0 Å². The third kappa shape index (κ3) is 2.22. The lowest BCUT2D eigenvalue weighted by molar-refractivity contribution is 0.592. The maximum absolute atomic E-state index is 6.06. The molecule has 130 valence electrons. The first kappa shape index (κ1) is 15.4. The van der Waals surface area contributed by atoms with Crippen molar-refractivity contribution < 1.29 is 0 Å². The fourth-order valence-electron chi connectivity index (χ4n) is 3.75. The monoisotopic (exact) mass is 364 g/mol. The van der Waals surface area contributed by atoms with Gasteiger partial charge in [0.15, 0.2) is 5.82 Å². The normalized spacial score (nSPS) is 16.2. The van der Waals surface area contributed by atoms with Crippen LogP contribution >= 0.6 is 11.6 Å². The predicted molar refractivity (Wildman–Crippen MR) is 102 cm³/mol. The summed E-state index contributed by atoms with van der Waals surface area (Å²) in [4.78, 5) is 0. The largest absolute Gasteiger partial charge is 0.371 e. The lowest BCUT2D eigenvalue weighted by Crippen LogP contribution is -2.13. The van der Waals surface area contributed by atoms with Crippen LogP contribution in [0.3, 0.4) is 0 Å². The molecule has 4 aromatic rings. The number of nitrogens with zero attached hydrogens (tertiary/aromatic N) is 5. The van der Waals surface area contributed by atoms with Gasteiger partial charge >= 0.3 is 0 Å². The SMILES string of the molecule is CNc1nn(-c2nnc3n2C(c2ccc(Cl)cc2)CC3)c2ccccc12. The van der Waals surface area contributed by atoms with Crippen molar-refractivity contribution in [2.24, 2.45) is 0 Å². The number of anilines is 1. The first-order valence-corrected chi connectivity index (χ1v) is 8.99. The molecule has 5 rings (SSSR count). The highest BCUT2D eigenvalue weighted by Gasteiger charge is 2.30. The minimum Gasteiger partial charge on any atom is -0.371 e. The number of nitrogens with one attached hydrogen (secondary N) is 1. The van der Waals surface area contributed by atoms with Crippen LogP contribution in [0.25, 0.3) is 16.9 Å². The summed E-state index contributed by atoms with van der Waals surface area (Å²) in [6.45, 7) is 0. The van der Waals surface area contributed by atoms with E-state index in [1.807, 2.05) is 36.0 Å². The molecule has 1 aliphatic rings. The van der Waals surface area contributed by atoms with Crippen LogP contribution in [0.5, 0.6) is 0 Å². The molecule has 2 aromatic heterocycles. The van der Waals surface area contributed by atoms with Crippen LogP contribution in [-0.4, -0.2) is 31.6 Å². The molecule has 0 amide bonds. The number of hydrogen-bond acceptors (Lipinski definition) is 4. The molecular weight excluding hydrogens is 348 g/mol. The van der Waals surface area contributed by atoms with Crippen LogP contribution in [-0.2, 0) is 6.42 Å². The lowest BCUT2D eigenvalue weighted by atomic mass is 10.1. The maximum Gasteiger partial charge on any atom is 0.253 e. The predicted octanol–water partition coefficient (Wildman–Crippen LogP) is 3.85. The van der Waals surface area contributed by atoms with Gasteiger partial charge < -0.3 is 5.32 Å². The Hall–Kier alpha value is -2.86. The standard InChI is InChI=1S/C19H17ClN6/c1-21-18-14-4-2-3-5-16(14)26(24-18)19-23-22-17-11-10-15(25(17)19)12-6-8-13(20)9-7-12/h2-9,15H,10-11H2,1H3,(H,21,24). The average Bonchev–Trinajstić information content (AvgIpc) is 3.35. The summed E-state index contributed by atoms with van der Waals surface area (Å²) in [5.74, 6) is 2.57. The third-order valence-electron chi connectivity index (χ3n) is 4.97. The Balaban J connectivity index is 1.69. The van der Waals surface area contributed by atoms with Crippen molar-refractivity contribution in [3.05, 3.63) is 64.9 Å². The topological polar surface area (TPSA) is 60.6 Å². The Kier molecular flexibility index (Phi) is 3.46. The van der Waals surface area contributed by atoms with Crippen LogP contribution < -0.4 is 5.32 Å². The summed E-state index contributed by atoms with van der Waals surface area (Å²) < 4.78 is 4.08. The van der Waals surface area contributed by atoms with Crippen molar-refractivity contribution in [1.29, 1.82) is 0 Å². The molecule has 1 aliphatic heterocycles. The highest BCUT2D eigenvalue weighted by atomic mass is 35.5. The van der Waals surface area contributed by atoms with Gasteiger partial charge in [-0.05, 0) is 36.2 Å². The van der Waals surface area contributed by atoms with Gasteiger partial charge in [0.05, 0.1) is 11.6 Å². The second-order valence-electron chi connectivity index (χ2n) is 6.42. The molecule has 26 heavy (non-hydrogen) atoms. The Morgan fingerprint density at radius 3 is 2.69 bits per heavy atom. The van der Waals surface area contributed by atoms with E-state index in [0.717, 1.165) is 46.4 Å². The van der Waals surface area contributed by atoms with Gasteiger partial charge in [-0.25, -0.2) is 0 Å². The fourth-order valence-corrected chi connectivity index (χ4v) is 3.87. The minimum atomic E-state index is 0.188. The summed E-state index contributed by atoms with van der Waals surface area (Å²) in [7, 11) is 1.88. The smallest absolute Gasteiger partial charge is 0.253 e. The summed E-state index contributed by atoms with van der Waals surface area (Å²) >= 11 is 6.06. The van der Waals surface area contributed by atoms with Crippen LogP contribution in [0.4, 0.5) is 5.82 Å². The van der Waals surface area contributed by atoms with E-state index in [0.29, 0.717) is 0 Å². The molecule has 2 aromatic carbocycles. The first-order chi connectivity index (χ1) is 12.8. The fraction of sp³-hybridized carbons (Fsp3) is 0.211. The van der Waals surface area contributed by atoms with Gasteiger partial charge in [0.2, 0.25) is 0 Å². The zero-order chi connectivity index (χ0) is 17.7. The Bertz CT molecular complexity index is 1100. The van der Waals surface area contributed by atoms with Gasteiger partial charge in [-0.3, -0.25) is 4.57 Å². The summed E-state index contributed by atoms with van der Waals surface area (Å²) in [6.07, 6.45) is 1.90. The highest BCUT2D eigenvalue weighted by Crippen LogP contribution is 2.35. The zero-order valence-electron chi connectivity index (χ0n) is 14.2. The molecule has 3 heterocycles. The lowest BCUT2D eigenvalue weighted by Gasteiger charge is -2.16. The molecule has 0 saturated carbocycles. The molecule has 0 fully saturated rings. The molecule has 1 unspecified atom stereocenters. The van der Waals surface area contributed by atoms with Crippen LogP contribution in [0.2, 0.25) is 5.02 Å². The second kappa shape index (κ2) is 5.85. The third-order valence-corrected chi connectivity index (χ3v) is 5.22. The summed E-state index contributed by atoms with van der Waals surface area (Å²) in [5, 5.41) is 18.6. The van der Waals surface area contributed by atoms with E-state index in [1.165, 1.54) is 5.56 Å². The molecule has 0 aliphatic carbocycles. The van der Waals surface area contributed by atoms with Gasteiger partial charge in [-0.15, -0.1) is 15.3 Å². The van der Waals surface area contributed by atoms with Gasteiger partial charge in [0.1, 0.15) is 5.82 Å². The number of benzene rings is 2. The van der Waals surface area contributed by atoms with Gasteiger partial charge in [0, 0.05) is 23.9 Å². The Morgan fingerprint density at radius 2 is 1.88 bits per heavy atom. The maximum atomic E-state index is 6.06. The minimum absolute atomic E-state index is 0.188. The van der Waals surface area contributed by atoms with Gasteiger partial charge in [-0.2, -0.15) is 4.68 Å². The first-order valence-electron chi connectivity index (χ1n) is 8.61. The van der Waals surface area contributed by atoms with Crippen molar-refractivity contribution in [1.82, 2.24) is 24.5 Å². The molecule has 1 N–H and O–H groups in total. The number of aryl methyl sites for hydroxylation is 1. The number of para-hydroxylation sites is 1. The number of aromatic nitrogens is 5. The zero-order valence-corrected chi connectivity index (χ0v) is 15.0. The van der Waals surface area contributed by atoms with E-state index in [2.05, 4.69) is 44.3 Å². The van der Waals surface area contributed by atoms with E-state index >= 15 is 0 Å². The van der Waals surface area contributed by atoms with Crippen molar-refractivity contribution >= 4 is 28.3 Å². The van der Waals surface area contributed by atoms with Crippen molar-refractivity contribution in [2.45, 2.75) is 18.9 Å².